The molecule has 0 aliphatic carbocycles. The maximum absolute atomic E-state index is 12.0. The van der Waals surface area contributed by atoms with E-state index in [2.05, 4.69) is 5.32 Å². The van der Waals surface area contributed by atoms with E-state index >= 15 is 0 Å². The minimum atomic E-state index is -0.906. The van der Waals surface area contributed by atoms with Crippen LogP contribution >= 0.6 is 11.6 Å². The van der Waals surface area contributed by atoms with Crippen molar-refractivity contribution in [2.75, 3.05) is 39.7 Å². The van der Waals surface area contributed by atoms with Gasteiger partial charge in [-0.05, 0) is 7.05 Å². The molecule has 0 aromatic heterocycles. The van der Waals surface area contributed by atoms with E-state index in [1.807, 2.05) is 0 Å². The number of rotatable bonds is 8. The van der Waals surface area contributed by atoms with E-state index in [-0.39, 0.29) is 25.4 Å². The van der Waals surface area contributed by atoms with E-state index < -0.39 is 5.97 Å². The number of halogens is 1. The molecule has 0 heterocycles. The van der Waals surface area contributed by atoms with Crippen molar-refractivity contribution in [1.29, 1.82) is 0 Å². The van der Waals surface area contributed by atoms with Gasteiger partial charge in [-0.3, -0.25) is 14.5 Å². The standard InChI is InChI=1S/C14H19ClN2O5/c1-17(5-4-14(19)20)8-13(18)16-10-7-11(21-2)9(15)6-12(10)22-3/h6-7H,4-5,8H2,1-3H3,(H,16,18)(H,19,20). The highest BCUT2D eigenvalue weighted by molar-refractivity contribution is 6.32. The van der Waals surface area contributed by atoms with Gasteiger partial charge in [0.05, 0.1) is 37.9 Å². The first-order chi connectivity index (χ1) is 10.4. The molecule has 1 amide bonds. The van der Waals surface area contributed by atoms with Crippen LogP contribution in [0, 0.1) is 0 Å². The number of carboxylic acid groups (broad SMARTS) is 1. The number of hydrogen-bond acceptors (Lipinski definition) is 5. The van der Waals surface area contributed by atoms with Crippen LogP contribution in [0.2, 0.25) is 5.02 Å². The van der Waals surface area contributed by atoms with Gasteiger partial charge >= 0.3 is 5.97 Å². The molecule has 22 heavy (non-hydrogen) atoms. The summed E-state index contributed by atoms with van der Waals surface area (Å²) in [5.74, 6) is -0.378. The van der Waals surface area contributed by atoms with Gasteiger partial charge in [-0.2, -0.15) is 0 Å². The molecule has 1 rings (SSSR count). The fourth-order valence-electron chi connectivity index (χ4n) is 1.76. The summed E-state index contributed by atoms with van der Waals surface area (Å²) in [6.45, 7) is 0.338. The van der Waals surface area contributed by atoms with Crippen molar-refractivity contribution < 1.29 is 24.2 Å². The third-order valence-electron chi connectivity index (χ3n) is 2.87. The van der Waals surface area contributed by atoms with Gasteiger partial charge in [0.1, 0.15) is 11.5 Å². The Bertz CT molecular complexity index is 550. The summed E-state index contributed by atoms with van der Waals surface area (Å²) in [6.07, 6.45) is -0.0259. The number of nitrogens with one attached hydrogen (secondary N) is 1. The Kier molecular flexibility index (Phi) is 6.94. The molecule has 0 aliphatic rings. The third kappa shape index (κ3) is 5.42. The Morgan fingerprint density at radius 1 is 1.27 bits per heavy atom. The number of benzene rings is 1. The summed E-state index contributed by atoms with van der Waals surface area (Å²) in [4.78, 5) is 24.1. The Balaban J connectivity index is 2.72. The lowest BCUT2D eigenvalue weighted by atomic mass is 10.2. The van der Waals surface area contributed by atoms with E-state index in [0.29, 0.717) is 22.2 Å². The molecule has 1 aromatic rings. The fraction of sp³-hybridized carbons (Fsp3) is 0.429. The van der Waals surface area contributed by atoms with Crippen LogP contribution in [0.4, 0.5) is 5.69 Å². The van der Waals surface area contributed by atoms with Crippen LogP contribution in [0.15, 0.2) is 12.1 Å². The molecule has 0 unspecified atom stereocenters. The van der Waals surface area contributed by atoms with Gasteiger partial charge in [-0.15, -0.1) is 0 Å². The van der Waals surface area contributed by atoms with Crippen LogP contribution in [0.3, 0.4) is 0 Å². The van der Waals surface area contributed by atoms with Crippen LogP contribution in [-0.2, 0) is 9.59 Å². The van der Waals surface area contributed by atoms with E-state index in [0.717, 1.165) is 0 Å². The Hall–Kier alpha value is -1.99. The van der Waals surface area contributed by atoms with Gasteiger partial charge in [-0.25, -0.2) is 0 Å². The average Bonchev–Trinajstić information content (AvgIpc) is 2.46. The first kappa shape index (κ1) is 18.1. The van der Waals surface area contributed by atoms with Gasteiger partial charge in [0, 0.05) is 18.7 Å². The number of anilines is 1. The minimum Gasteiger partial charge on any atom is -0.495 e. The summed E-state index contributed by atoms with van der Waals surface area (Å²) in [5, 5.41) is 11.7. The summed E-state index contributed by atoms with van der Waals surface area (Å²) < 4.78 is 10.3. The second-order valence-electron chi connectivity index (χ2n) is 4.62. The Morgan fingerprint density at radius 3 is 2.45 bits per heavy atom. The number of carbonyl (C=O) groups is 2. The fourth-order valence-corrected chi connectivity index (χ4v) is 1.99. The molecule has 0 aliphatic heterocycles. The number of amides is 1. The monoisotopic (exact) mass is 330 g/mol. The number of carboxylic acids is 1. The van der Waals surface area contributed by atoms with Crippen molar-refractivity contribution in [2.24, 2.45) is 0 Å². The lowest BCUT2D eigenvalue weighted by molar-refractivity contribution is -0.137. The molecule has 0 saturated heterocycles. The Labute approximate surface area is 133 Å². The first-order valence-electron chi connectivity index (χ1n) is 6.49. The molecule has 0 spiro atoms. The number of ether oxygens (including phenoxy) is 2. The number of hydrogen-bond donors (Lipinski definition) is 2. The molecule has 8 heteroatoms. The van der Waals surface area contributed by atoms with Gasteiger partial charge in [0.25, 0.3) is 0 Å². The maximum atomic E-state index is 12.0. The Morgan fingerprint density at radius 2 is 1.91 bits per heavy atom. The normalized spacial score (nSPS) is 10.4. The molecule has 2 N–H and O–H groups in total. The van der Waals surface area contributed by atoms with Crippen molar-refractivity contribution in [3.8, 4) is 11.5 Å². The lowest BCUT2D eigenvalue weighted by Gasteiger charge is -2.17. The molecule has 1 aromatic carbocycles. The number of nitrogens with zero attached hydrogens (tertiary/aromatic N) is 1. The zero-order chi connectivity index (χ0) is 16.7. The van der Waals surface area contributed by atoms with E-state index in [1.54, 1.807) is 24.1 Å². The zero-order valence-electron chi connectivity index (χ0n) is 12.7. The molecular weight excluding hydrogens is 312 g/mol. The number of aliphatic carboxylic acids is 1. The largest absolute Gasteiger partial charge is 0.495 e. The van der Waals surface area contributed by atoms with E-state index in [9.17, 15) is 9.59 Å². The van der Waals surface area contributed by atoms with E-state index in [4.69, 9.17) is 26.2 Å². The van der Waals surface area contributed by atoms with Gasteiger partial charge in [-0.1, -0.05) is 11.6 Å². The smallest absolute Gasteiger partial charge is 0.304 e. The van der Waals surface area contributed by atoms with Crippen molar-refractivity contribution in [1.82, 2.24) is 4.90 Å². The molecule has 7 nitrogen and oxygen atoms in total. The van der Waals surface area contributed by atoms with Crippen molar-refractivity contribution in [2.45, 2.75) is 6.42 Å². The highest BCUT2D eigenvalue weighted by atomic mass is 35.5. The second-order valence-corrected chi connectivity index (χ2v) is 5.02. The predicted octanol–water partition coefficient (Wildman–Crippen LogP) is 1.70. The van der Waals surface area contributed by atoms with Crippen molar-refractivity contribution in [3.05, 3.63) is 17.2 Å². The highest BCUT2D eigenvalue weighted by Gasteiger charge is 2.14. The molecule has 122 valence electrons. The second kappa shape index (κ2) is 8.45. The topological polar surface area (TPSA) is 88.1 Å². The number of methoxy groups -OCH3 is 2. The lowest BCUT2D eigenvalue weighted by Crippen LogP contribution is -2.31. The van der Waals surface area contributed by atoms with Crippen molar-refractivity contribution in [3.63, 3.8) is 0 Å². The van der Waals surface area contributed by atoms with Gasteiger partial charge < -0.3 is 19.9 Å². The summed E-state index contributed by atoms with van der Waals surface area (Å²) in [6, 6.07) is 3.11. The quantitative estimate of drug-likeness (QED) is 0.754. The first-order valence-corrected chi connectivity index (χ1v) is 6.87. The predicted molar refractivity (Wildman–Crippen MR) is 82.9 cm³/mol. The molecule has 0 bridgehead atoms. The van der Waals surface area contributed by atoms with Crippen LogP contribution in [-0.4, -0.2) is 56.2 Å². The average molecular weight is 331 g/mol. The molecule has 0 fully saturated rings. The summed E-state index contributed by atoms with van der Waals surface area (Å²) >= 11 is 5.99. The molecule has 0 radical (unpaired) electrons. The zero-order valence-corrected chi connectivity index (χ0v) is 13.4. The number of carbonyl (C=O) groups excluding carboxylic acids is 1. The number of likely N-dealkylation sites (N-methyl/N-ethyl adjacent to an activating group) is 1. The molecular formula is C14H19ClN2O5. The SMILES string of the molecule is COc1cc(NC(=O)CN(C)CCC(=O)O)c(OC)cc1Cl. The van der Waals surface area contributed by atoms with Gasteiger partial charge in [0.2, 0.25) is 5.91 Å². The van der Waals surface area contributed by atoms with Crippen LogP contribution < -0.4 is 14.8 Å². The summed E-state index contributed by atoms with van der Waals surface area (Å²) in [5.41, 5.74) is 0.431. The van der Waals surface area contributed by atoms with Crippen LogP contribution in [0.25, 0.3) is 0 Å². The summed E-state index contributed by atoms with van der Waals surface area (Å²) in [7, 11) is 4.61. The molecule has 0 atom stereocenters. The van der Waals surface area contributed by atoms with Gasteiger partial charge in [0.15, 0.2) is 0 Å². The highest BCUT2D eigenvalue weighted by Crippen LogP contribution is 2.35. The minimum absolute atomic E-state index is 0.0259. The maximum Gasteiger partial charge on any atom is 0.304 e. The van der Waals surface area contributed by atoms with Crippen LogP contribution in [0.5, 0.6) is 11.5 Å². The van der Waals surface area contributed by atoms with Crippen molar-refractivity contribution >= 4 is 29.2 Å². The van der Waals surface area contributed by atoms with Crippen LogP contribution in [0.1, 0.15) is 6.42 Å². The third-order valence-corrected chi connectivity index (χ3v) is 3.16. The van der Waals surface area contributed by atoms with E-state index in [1.165, 1.54) is 14.2 Å². The molecule has 0 saturated carbocycles.